The molecule has 0 aliphatic carbocycles. The first kappa shape index (κ1) is 19.9. The van der Waals surface area contributed by atoms with Crippen LogP contribution in [0.4, 0.5) is 0 Å². The molecular formula is C16H32N2O3. The summed E-state index contributed by atoms with van der Waals surface area (Å²) in [5.41, 5.74) is 2.14. The summed E-state index contributed by atoms with van der Waals surface area (Å²) in [4.78, 5) is 22.1. The Balaban J connectivity index is 3.12. The smallest absolute Gasteiger partial charge is 0.308 e. The Labute approximate surface area is 129 Å². The Kier molecular flexibility index (Phi) is 13.1. The van der Waals surface area contributed by atoms with Gasteiger partial charge in [-0.2, -0.15) is 0 Å². The molecule has 0 unspecified atom stereocenters. The average Bonchev–Trinajstić information content (AvgIpc) is 2.47. The van der Waals surface area contributed by atoms with Gasteiger partial charge in [0, 0.05) is 6.42 Å². The van der Waals surface area contributed by atoms with Crippen molar-refractivity contribution in [1.29, 1.82) is 0 Å². The molecule has 0 aromatic carbocycles. The maximum Gasteiger partial charge on any atom is 0.308 e. The highest BCUT2D eigenvalue weighted by atomic mass is 16.5. The Bertz CT molecular complexity index is 281. The number of amides is 1. The van der Waals surface area contributed by atoms with E-state index in [0.717, 1.165) is 25.7 Å². The third-order valence-corrected chi connectivity index (χ3v) is 3.42. The summed E-state index contributed by atoms with van der Waals surface area (Å²) in [5.74, 6) is 4.81. The van der Waals surface area contributed by atoms with Crippen LogP contribution in [-0.4, -0.2) is 18.5 Å². The number of esters is 1. The van der Waals surface area contributed by atoms with Crippen LogP contribution in [0.5, 0.6) is 0 Å². The van der Waals surface area contributed by atoms with Crippen molar-refractivity contribution in [1.82, 2.24) is 5.43 Å². The van der Waals surface area contributed by atoms with E-state index in [4.69, 9.17) is 10.6 Å². The topological polar surface area (TPSA) is 81.4 Å². The van der Waals surface area contributed by atoms with E-state index >= 15 is 0 Å². The van der Waals surface area contributed by atoms with Crippen LogP contribution in [0.25, 0.3) is 0 Å². The molecule has 0 aliphatic heterocycles. The van der Waals surface area contributed by atoms with Crippen molar-refractivity contribution in [2.45, 2.75) is 78.1 Å². The van der Waals surface area contributed by atoms with Crippen molar-refractivity contribution in [2.75, 3.05) is 6.61 Å². The van der Waals surface area contributed by atoms with Gasteiger partial charge in [-0.3, -0.25) is 15.0 Å². The predicted octanol–water partition coefficient (Wildman–Crippen LogP) is 3.08. The van der Waals surface area contributed by atoms with Gasteiger partial charge >= 0.3 is 5.97 Å². The SMILES string of the molecule is CC(C)C(=O)OCCCCCCCCCCCC(=O)NN. The lowest BCUT2D eigenvalue weighted by molar-refractivity contribution is -0.147. The van der Waals surface area contributed by atoms with Crippen LogP contribution in [0, 0.1) is 5.92 Å². The van der Waals surface area contributed by atoms with E-state index < -0.39 is 0 Å². The van der Waals surface area contributed by atoms with E-state index in [0.29, 0.717) is 13.0 Å². The number of rotatable bonds is 13. The highest BCUT2D eigenvalue weighted by Crippen LogP contribution is 2.10. The van der Waals surface area contributed by atoms with Crippen LogP contribution in [0.1, 0.15) is 78.1 Å². The average molecular weight is 300 g/mol. The van der Waals surface area contributed by atoms with Crippen LogP contribution in [0.15, 0.2) is 0 Å². The summed E-state index contributed by atoms with van der Waals surface area (Å²) < 4.78 is 5.12. The van der Waals surface area contributed by atoms with Gasteiger partial charge in [0.2, 0.25) is 5.91 Å². The van der Waals surface area contributed by atoms with E-state index in [9.17, 15) is 9.59 Å². The molecule has 0 spiro atoms. The number of carbonyl (C=O) groups is 2. The molecule has 0 fully saturated rings. The van der Waals surface area contributed by atoms with Crippen molar-refractivity contribution in [3.63, 3.8) is 0 Å². The Hall–Kier alpha value is -1.10. The molecule has 0 aromatic heterocycles. The summed E-state index contributed by atoms with van der Waals surface area (Å²) in [6.07, 6.45) is 10.7. The second kappa shape index (κ2) is 13.9. The fourth-order valence-corrected chi connectivity index (χ4v) is 2.04. The lowest BCUT2D eigenvalue weighted by Gasteiger charge is -2.06. The largest absolute Gasteiger partial charge is 0.465 e. The van der Waals surface area contributed by atoms with E-state index in [2.05, 4.69) is 5.43 Å². The molecule has 1 amide bonds. The molecule has 21 heavy (non-hydrogen) atoms. The number of carbonyl (C=O) groups excluding carboxylic acids is 2. The van der Waals surface area contributed by atoms with E-state index in [1.807, 2.05) is 13.8 Å². The van der Waals surface area contributed by atoms with Gasteiger partial charge in [-0.1, -0.05) is 58.8 Å². The molecular weight excluding hydrogens is 268 g/mol. The number of ether oxygens (including phenoxy) is 1. The van der Waals surface area contributed by atoms with Crippen molar-refractivity contribution < 1.29 is 14.3 Å². The standard InChI is InChI=1S/C16H32N2O3/c1-14(2)16(20)21-13-11-9-7-5-3-4-6-8-10-12-15(19)18-17/h14H,3-13,17H2,1-2H3,(H,18,19). The maximum absolute atomic E-state index is 11.2. The number of hydrogen-bond donors (Lipinski definition) is 2. The highest BCUT2D eigenvalue weighted by Gasteiger charge is 2.06. The van der Waals surface area contributed by atoms with Crippen molar-refractivity contribution in [2.24, 2.45) is 11.8 Å². The summed E-state index contributed by atoms with van der Waals surface area (Å²) in [5, 5.41) is 0. The normalized spacial score (nSPS) is 10.7. The zero-order chi connectivity index (χ0) is 15.9. The minimum Gasteiger partial charge on any atom is -0.465 e. The first-order valence-corrected chi connectivity index (χ1v) is 8.24. The minimum atomic E-state index is -0.0988. The molecule has 124 valence electrons. The van der Waals surface area contributed by atoms with E-state index in [1.165, 1.54) is 32.1 Å². The molecule has 0 radical (unpaired) electrons. The molecule has 0 aliphatic rings. The third-order valence-electron chi connectivity index (χ3n) is 3.42. The zero-order valence-corrected chi connectivity index (χ0v) is 13.7. The number of unbranched alkanes of at least 4 members (excludes halogenated alkanes) is 8. The van der Waals surface area contributed by atoms with Crippen molar-refractivity contribution in [3.05, 3.63) is 0 Å². The van der Waals surface area contributed by atoms with Gasteiger partial charge in [0.15, 0.2) is 0 Å². The summed E-state index contributed by atoms with van der Waals surface area (Å²) in [6, 6.07) is 0. The number of nitrogens with one attached hydrogen (secondary N) is 1. The lowest BCUT2D eigenvalue weighted by atomic mass is 10.1. The molecule has 0 bridgehead atoms. The molecule has 0 saturated heterocycles. The second-order valence-electron chi connectivity index (χ2n) is 5.82. The van der Waals surface area contributed by atoms with Gasteiger partial charge in [-0.15, -0.1) is 0 Å². The van der Waals surface area contributed by atoms with Gasteiger partial charge in [0.1, 0.15) is 0 Å². The Morgan fingerprint density at radius 2 is 1.38 bits per heavy atom. The zero-order valence-electron chi connectivity index (χ0n) is 13.7. The van der Waals surface area contributed by atoms with Gasteiger partial charge in [-0.05, 0) is 12.8 Å². The van der Waals surface area contributed by atoms with Crippen LogP contribution in [0.3, 0.4) is 0 Å². The lowest BCUT2D eigenvalue weighted by Crippen LogP contribution is -2.29. The molecule has 0 heterocycles. The van der Waals surface area contributed by atoms with Crippen LogP contribution >= 0.6 is 0 Å². The van der Waals surface area contributed by atoms with Crippen LogP contribution in [0.2, 0.25) is 0 Å². The molecule has 0 rings (SSSR count). The number of hydrogen-bond acceptors (Lipinski definition) is 4. The first-order chi connectivity index (χ1) is 10.1. The number of hydrazine groups is 1. The molecule has 0 saturated carbocycles. The Morgan fingerprint density at radius 1 is 0.905 bits per heavy atom. The monoisotopic (exact) mass is 300 g/mol. The van der Waals surface area contributed by atoms with Gasteiger partial charge in [-0.25, -0.2) is 5.84 Å². The quantitative estimate of drug-likeness (QED) is 0.180. The van der Waals surface area contributed by atoms with Crippen LogP contribution in [-0.2, 0) is 14.3 Å². The molecule has 0 atom stereocenters. The van der Waals surface area contributed by atoms with Crippen molar-refractivity contribution >= 4 is 11.9 Å². The molecule has 5 heteroatoms. The molecule has 0 aromatic rings. The van der Waals surface area contributed by atoms with Gasteiger partial charge < -0.3 is 4.74 Å². The Morgan fingerprint density at radius 3 is 1.86 bits per heavy atom. The minimum absolute atomic E-state index is 0.0269. The molecule has 3 N–H and O–H groups in total. The highest BCUT2D eigenvalue weighted by molar-refractivity contribution is 5.75. The summed E-state index contributed by atoms with van der Waals surface area (Å²) in [6.45, 7) is 4.26. The molecule has 5 nitrogen and oxygen atoms in total. The summed E-state index contributed by atoms with van der Waals surface area (Å²) >= 11 is 0. The first-order valence-electron chi connectivity index (χ1n) is 8.24. The van der Waals surface area contributed by atoms with Gasteiger partial charge in [0.05, 0.1) is 12.5 Å². The van der Waals surface area contributed by atoms with Gasteiger partial charge in [0.25, 0.3) is 0 Å². The number of nitrogens with two attached hydrogens (primary N) is 1. The maximum atomic E-state index is 11.2. The van der Waals surface area contributed by atoms with E-state index in [1.54, 1.807) is 0 Å². The van der Waals surface area contributed by atoms with Crippen LogP contribution < -0.4 is 11.3 Å². The fraction of sp³-hybridized carbons (Fsp3) is 0.875. The third kappa shape index (κ3) is 13.6. The fourth-order valence-electron chi connectivity index (χ4n) is 2.04. The van der Waals surface area contributed by atoms with Crippen molar-refractivity contribution in [3.8, 4) is 0 Å². The summed E-state index contributed by atoms with van der Waals surface area (Å²) in [7, 11) is 0. The second-order valence-corrected chi connectivity index (χ2v) is 5.82. The van der Waals surface area contributed by atoms with E-state index in [-0.39, 0.29) is 17.8 Å². The predicted molar refractivity (Wildman–Crippen MR) is 84.3 cm³/mol.